The number of fused-ring (bicyclic) bond motifs is 1. The molecule has 0 spiro atoms. The van der Waals surface area contributed by atoms with Crippen LogP contribution in [0.1, 0.15) is 32.4 Å². The van der Waals surface area contributed by atoms with Crippen LogP contribution < -0.4 is 0 Å². The highest BCUT2D eigenvalue weighted by atomic mass is 32.2. The lowest BCUT2D eigenvalue weighted by Crippen LogP contribution is -2.10. The second-order valence-electron chi connectivity index (χ2n) is 5.33. The Hall–Kier alpha value is -2.33. The Morgan fingerprint density at radius 1 is 1.09 bits per heavy atom. The van der Waals surface area contributed by atoms with Gasteiger partial charge in [0.25, 0.3) is 0 Å². The number of thioether (sulfide) groups is 1. The Morgan fingerprint density at radius 2 is 1.82 bits per heavy atom. The molecule has 0 saturated carbocycles. The summed E-state index contributed by atoms with van der Waals surface area (Å²) in [5.74, 6) is 0. The third kappa shape index (κ3) is 1.99. The van der Waals surface area contributed by atoms with E-state index in [1.54, 1.807) is 0 Å². The minimum Gasteiger partial charge on any atom is -0.298 e. The normalized spacial score (nSPS) is 16.0. The average Bonchev–Trinajstić information content (AvgIpc) is 2.79. The van der Waals surface area contributed by atoms with E-state index in [2.05, 4.69) is 19.1 Å². The second-order valence-corrected chi connectivity index (χ2v) is 6.43. The van der Waals surface area contributed by atoms with Crippen molar-refractivity contribution < 1.29 is 4.79 Å². The van der Waals surface area contributed by atoms with E-state index in [-0.39, 0.29) is 0 Å². The number of aldehydes is 1. The van der Waals surface area contributed by atoms with Crippen molar-refractivity contribution in [2.45, 2.75) is 17.2 Å². The van der Waals surface area contributed by atoms with E-state index in [0.717, 1.165) is 17.7 Å². The molecule has 108 valence electrons. The Bertz CT molecular complexity index is 838. The molecule has 1 unspecified atom stereocenters. The van der Waals surface area contributed by atoms with Crippen LogP contribution in [0.4, 0.5) is 0 Å². The summed E-state index contributed by atoms with van der Waals surface area (Å²) >= 11 is 1.82. The number of carbonyl (C=O) groups excluding carboxylic acids is 1. The summed E-state index contributed by atoms with van der Waals surface area (Å²) in [4.78, 5) is 10.8. The zero-order valence-corrected chi connectivity index (χ0v) is 12.9. The van der Waals surface area contributed by atoms with Gasteiger partial charge in [-0.25, -0.2) is 4.68 Å². The quantitative estimate of drug-likeness (QED) is 0.681. The average molecular weight is 306 g/mol. The monoisotopic (exact) mass is 306 g/mol. The standard InChI is InChI=1S/C18H14N2OS/c1-12-16-17(14-9-7-13(11-21)8-10-14)22-18(16)20(19-12)15-5-3-2-4-6-15/h2-11,17H,1H3. The summed E-state index contributed by atoms with van der Waals surface area (Å²) in [6.07, 6.45) is 0.877. The lowest BCUT2D eigenvalue weighted by Gasteiger charge is -2.27. The van der Waals surface area contributed by atoms with Crippen molar-refractivity contribution in [3.63, 3.8) is 0 Å². The molecule has 0 bridgehead atoms. The first-order valence-electron chi connectivity index (χ1n) is 7.14. The molecule has 2 heterocycles. The van der Waals surface area contributed by atoms with Gasteiger partial charge in [0.05, 0.1) is 16.6 Å². The smallest absolute Gasteiger partial charge is 0.150 e. The first kappa shape index (κ1) is 13.3. The van der Waals surface area contributed by atoms with Crippen LogP contribution in [0.5, 0.6) is 0 Å². The number of carbonyl (C=O) groups is 1. The molecule has 4 rings (SSSR count). The summed E-state index contributed by atoms with van der Waals surface area (Å²) < 4.78 is 2.02. The summed E-state index contributed by atoms with van der Waals surface area (Å²) in [5, 5.41) is 6.22. The summed E-state index contributed by atoms with van der Waals surface area (Å²) in [6, 6.07) is 18.0. The van der Waals surface area contributed by atoms with E-state index in [9.17, 15) is 4.79 Å². The third-order valence-electron chi connectivity index (χ3n) is 3.93. The number of nitrogens with zero attached hydrogens (tertiary/aromatic N) is 2. The first-order valence-corrected chi connectivity index (χ1v) is 8.02. The van der Waals surface area contributed by atoms with Crippen LogP contribution in [0.25, 0.3) is 5.69 Å². The van der Waals surface area contributed by atoms with Crippen LogP contribution in [0.15, 0.2) is 59.6 Å². The van der Waals surface area contributed by atoms with Gasteiger partial charge in [0.2, 0.25) is 0 Å². The van der Waals surface area contributed by atoms with Crippen molar-refractivity contribution in [2.24, 2.45) is 0 Å². The predicted octanol–water partition coefficient (Wildman–Crippen LogP) is 4.19. The summed E-state index contributed by atoms with van der Waals surface area (Å²) in [6.45, 7) is 2.06. The fourth-order valence-electron chi connectivity index (χ4n) is 2.77. The van der Waals surface area contributed by atoms with Crippen LogP contribution in [0.3, 0.4) is 0 Å². The lowest BCUT2D eigenvalue weighted by molar-refractivity contribution is 0.112. The third-order valence-corrected chi connectivity index (χ3v) is 5.29. The van der Waals surface area contributed by atoms with Crippen molar-refractivity contribution in [3.8, 4) is 5.69 Å². The molecule has 0 amide bonds. The molecule has 1 aliphatic heterocycles. The molecule has 22 heavy (non-hydrogen) atoms. The number of hydrogen-bond acceptors (Lipinski definition) is 3. The lowest BCUT2D eigenvalue weighted by atomic mass is 10.0. The predicted molar refractivity (Wildman–Crippen MR) is 87.8 cm³/mol. The van der Waals surface area contributed by atoms with Crippen LogP contribution in [0, 0.1) is 6.92 Å². The Labute approximate surface area is 133 Å². The van der Waals surface area contributed by atoms with Crippen molar-refractivity contribution in [2.75, 3.05) is 0 Å². The van der Waals surface area contributed by atoms with Gasteiger partial charge in [0.1, 0.15) is 11.3 Å². The maximum atomic E-state index is 10.8. The van der Waals surface area contributed by atoms with Gasteiger partial charge >= 0.3 is 0 Å². The van der Waals surface area contributed by atoms with E-state index in [4.69, 9.17) is 5.10 Å². The Kier molecular flexibility index (Phi) is 3.12. The fourth-order valence-corrected chi connectivity index (χ4v) is 4.14. The summed E-state index contributed by atoms with van der Waals surface area (Å²) in [7, 11) is 0. The van der Waals surface area contributed by atoms with Crippen molar-refractivity contribution in [3.05, 3.63) is 77.0 Å². The Balaban J connectivity index is 1.72. The highest BCUT2D eigenvalue weighted by Gasteiger charge is 2.36. The maximum Gasteiger partial charge on any atom is 0.150 e. The van der Waals surface area contributed by atoms with E-state index in [1.165, 1.54) is 16.2 Å². The highest BCUT2D eigenvalue weighted by Crippen LogP contribution is 2.55. The fraction of sp³-hybridized carbons (Fsp3) is 0.111. The van der Waals surface area contributed by atoms with Crippen LogP contribution in [-0.4, -0.2) is 16.1 Å². The van der Waals surface area contributed by atoms with Gasteiger partial charge in [0.15, 0.2) is 0 Å². The van der Waals surface area contributed by atoms with Crippen molar-refractivity contribution in [1.29, 1.82) is 0 Å². The number of para-hydroxylation sites is 1. The number of aryl methyl sites for hydroxylation is 1. The number of hydrogen-bond donors (Lipinski definition) is 0. The SMILES string of the molecule is Cc1nn(-c2ccccc2)c2c1C(c1ccc(C=O)cc1)S2. The number of rotatable bonds is 3. The number of benzene rings is 2. The summed E-state index contributed by atoms with van der Waals surface area (Å²) in [5.41, 5.74) is 5.40. The molecule has 1 atom stereocenters. The molecule has 2 aromatic carbocycles. The largest absolute Gasteiger partial charge is 0.298 e. The maximum absolute atomic E-state index is 10.8. The van der Waals surface area contributed by atoms with Gasteiger partial charge in [-0.05, 0) is 24.6 Å². The molecule has 4 heteroatoms. The molecular weight excluding hydrogens is 292 g/mol. The molecular formula is C18H14N2OS. The van der Waals surface area contributed by atoms with Crippen molar-refractivity contribution >= 4 is 18.0 Å². The topological polar surface area (TPSA) is 34.9 Å². The molecule has 0 radical (unpaired) electrons. The molecule has 3 nitrogen and oxygen atoms in total. The minimum atomic E-state index is 0.313. The van der Waals surface area contributed by atoms with E-state index >= 15 is 0 Å². The minimum absolute atomic E-state index is 0.313. The molecule has 1 aromatic heterocycles. The van der Waals surface area contributed by atoms with Crippen LogP contribution >= 0.6 is 11.8 Å². The first-order chi connectivity index (χ1) is 10.8. The van der Waals surface area contributed by atoms with Gasteiger partial charge in [-0.3, -0.25) is 4.79 Å². The van der Waals surface area contributed by atoms with Gasteiger partial charge < -0.3 is 0 Å². The van der Waals surface area contributed by atoms with Gasteiger partial charge in [0, 0.05) is 11.1 Å². The molecule has 0 aliphatic carbocycles. The van der Waals surface area contributed by atoms with Gasteiger partial charge in [-0.15, -0.1) is 0 Å². The van der Waals surface area contributed by atoms with E-state index in [0.29, 0.717) is 10.8 Å². The van der Waals surface area contributed by atoms with Crippen molar-refractivity contribution in [1.82, 2.24) is 9.78 Å². The molecule has 1 aliphatic rings. The van der Waals surface area contributed by atoms with E-state index in [1.807, 2.05) is 58.9 Å². The zero-order valence-electron chi connectivity index (χ0n) is 12.1. The van der Waals surface area contributed by atoms with E-state index < -0.39 is 0 Å². The molecule has 0 N–H and O–H groups in total. The van der Waals surface area contributed by atoms with Gasteiger partial charge in [-0.2, -0.15) is 5.10 Å². The zero-order chi connectivity index (χ0) is 15.1. The molecule has 0 fully saturated rings. The van der Waals surface area contributed by atoms with Gasteiger partial charge in [-0.1, -0.05) is 54.2 Å². The Morgan fingerprint density at radius 3 is 2.50 bits per heavy atom. The van der Waals surface area contributed by atoms with Crippen LogP contribution in [0.2, 0.25) is 0 Å². The van der Waals surface area contributed by atoms with Crippen LogP contribution in [-0.2, 0) is 0 Å². The molecule has 0 saturated heterocycles. The number of aromatic nitrogens is 2. The second kappa shape index (κ2) is 5.14. The molecule has 3 aromatic rings. The highest BCUT2D eigenvalue weighted by molar-refractivity contribution is 8.01.